The van der Waals surface area contributed by atoms with Gasteiger partial charge in [-0.15, -0.1) is 0 Å². The molecule has 0 atom stereocenters. The van der Waals surface area contributed by atoms with Crippen LogP contribution in [-0.2, 0) is 11.3 Å². The van der Waals surface area contributed by atoms with E-state index in [1.165, 1.54) is 12.1 Å². The fourth-order valence-electron chi connectivity index (χ4n) is 2.55. The lowest BCUT2D eigenvalue weighted by atomic mass is 10.2. The lowest BCUT2D eigenvalue weighted by molar-refractivity contribution is -0.384. The number of nitro benzene ring substituents is 1. The molecule has 8 heteroatoms. The highest BCUT2D eigenvalue weighted by molar-refractivity contribution is 7.97. The molecule has 0 spiro atoms. The molecule has 1 fully saturated rings. The predicted octanol–water partition coefficient (Wildman–Crippen LogP) is 3.56. The van der Waals surface area contributed by atoms with Crippen molar-refractivity contribution in [3.8, 4) is 0 Å². The van der Waals surface area contributed by atoms with Crippen molar-refractivity contribution >= 4 is 23.7 Å². The van der Waals surface area contributed by atoms with Crippen LogP contribution in [0.25, 0.3) is 0 Å². The van der Waals surface area contributed by atoms with Gasteiger partial charge in [-0.3, -0.25) is 10.1 Å². The molecule has 3 rings (SSSR count). The van der Waals surface area contributed by atoms with Gasteiger partial charge >= 0.3 is 6.09 Å². The zero-order chi connectivity index (χ0) is 18.4. The highest BCUT2D eigenvalue weighted by Gasteiger charge is 2.23. The molecule has 1 aliphatic rings. The molecule has 0 radical (unpaired) electrons. The van der Waals surface area contributed by atoms with E-state index < -0.39 is 4.92 Å². The van der Waals surface area contributed by atoms with Gasteiger partial charge in [-0.25, -0.2) is 9.10 Å². The summed E-state index contributed by atoms with van der Waals surface area (Å²) in [5.74, 6) is 0. The van der Waals surface area contributed by atoms with Crippen LogP contribution < -0.4 is 0 Å². The maximum Gasteiger partial charge on any atom is 0.410 e. The van der Waals surface area contributed by atoms with Crippen molar-refractivity contribution in [3.05, 3.63) is 70.3 Å². The Morgan fingerprint density at radius 3 is 2.31 bits per heavy atom. The Morgan fingerprint density at radius 2 is 1.69 bits per heavy atom. The summed E-state index contributed by atoms with van der Waals surface area (Å²) < 4.78 is 7.50. The number of amides is 1. The number of carbonyl (C=O) groups is 1. The number of non-ortho nitro benzene ring substituents is 1. The van der Waals surface area contributed by atoms with Crippen LogP contribution >= 0.6 is 11.9 Å². The van der Waals surface area contributed by atoms with Gasteiger partial charge in [0.15, 0.2) is 0 Å². The second-order valence-corrected chi connectivity index (χ2v) is 6.97. The van der Waals surface area contributed by atoms with Crippen LogP contribution in [0.4, 0.5) is 10.5 Å². The van der Waals surface area contributed by atoms with Gasteiger partial charge in [-0.2, -0.15) is 0 Å². The van der Waals surface area contributed by atoms with Gasteiger partial charge in [-0.1, -0.05) is 30.3 Å². The number of rotatable bonds is 5. The van der Waals surface area contributed by atoms with Crippen molar-refractivity contribution in [2.75, 3.05) is 26.2 Å². The molecule has 0 aliphatic carbocycles. The van der Waals surface area contributed by atoms with E-state index in [-0.39, 0.29) is 18.4 Å². The highest BCUT2D eigenvalue weighted by Crippen LogP contribution is 2.26. The molecule has 7 nitrogen and oxygen atoms in total. The molecule has 0 saturated carbocycles. The first kappa shape index (κ1) is 18.2. The third-order valence-corrected chi connectivity index (χ3v) is 5.09. The van der Waals surface area contributed by atoms with Gasteiger partial charge in [0.25, 0.3) is 5.69 Å². The molecule has 2 aromatic rings. The summed E-state index contributed by atoms with van der Waals surface area (Å²) in [6, 6.07) is 16.1. The molecule has 1 amide bonds. The Kier molecular flexibility index (Phi) is 6.08. The van der Waals surface area contributed by atoms with Crippen LogP contribution in [0.3, 0.4) is 0 Å². The number of carbonyl (C=O) groups excluding carboxylic acids is 1. The molecular weight excluding hydrogens is 354 g/mol. The maximum atomic E-state index is 12.2. The van der Waals surface area contributed by atoms with Crippen molar-refractivity contribution in [3.63, 3.8) is 0 Å². The Balaban J connectivity index is 1.43. The quantitative estimate of drug-likeness (QED) is 0.453. The number of ether oxygens (including phenoxy) is 1. The molecule has 1 saturated heterocycles. The Bertz CT molecular complexity index is 747. The van der Waals surface area contributed by atoms with Gasteiger partial charge in [0, 0.05) is 43.2 Å². The van der Waals surface area contributed by atoms with Gasteiger partial charge in [0.05, 0.1) is 4.92 Å². The first-order chi connectivity index (χ1) is 12.6. The van der Waals surface area contributed by atoms with E-state index in [0.717, 1.165) is 10.5 Å². The molecule has 2 aromatic carbocycles. The molecule has 1 aliphatic heterocycles. The summed E-state index contributed by atoms with van der Waals surface area (Å²) in [5, 5.41) is 10.7. The van der Waals surface area contributed by atoms with Gasteiger partial charge < -0.3 is 9.64 Å². The monoisotopic (exact) mass is 373 g/mol. The first-order valence-electron chi connectivity index (χ1n) is 8.25. The Labute approximate surface area is 155 Å². The minimum Gasteiger partial charge on any atom is -0.445 e. The predicted molar refractivity (Wildman–Crippen MR) is 98.7 cm³/mol. The van der Waals surface area contributed by atoms with Crippen LogP contribution in [0.15, 0.2) is 59.5 Å². The van der Waals surface area contributed by atoms with E-state index >= 15 is 0 Å². The summed E-state index contributed by atoms with van der Waals surface area (Å²) in [5.41, 5.74) is 1.05. The Hall–Kier alpha value is -2.58. The normalized spacial score (nSPS) is 14.8. The highest BCUT2D eigenvalue weighted by atomic mass is 32.2. The Morgan fingerprint density at radius 1 is 1.04 bits per heavy atom. The molecule has 0 aromatic heterocycles. The van der Waals surface area contributed by atoms with E-state index in [1.54, 1.807) is 29.0 Å². The standard InChI is InChI=1S/C18H19N3O4S/c22-18(25-14-15-4-2-1-3-5-15)19-10-12-20(13-11-19)26-17-8-6-16(7-9-17)21(23)24/h1-9H,10-14H2. The maximum absolute atomic E-state index is 12.2. The smallest absolute Gasteiger partial charge is 0.410 e. The van der Waals surface area contributed by atoms with Crippen molar-refractivity contribution in [1.29, 1.82) is 0 Å². The van der Waals surface area contributed by atoms with E-state index in [1.807, 2.05) is 30.3 Å². The lowest BCUT2D eigenvalue weighted by Crippen LogP contribution is -2.46. The summed E-state index contributed by atoms with van der Waals surface area (Å²) in [7, 11) is 0. The van der Waals surface area contributed by atoms with E-state index in [4.69, 9.17) is 4.74 Å². The number of piperazine rings is 1. The van der Waals surface area contributed by atoms with Crippen LogP contribution in [0, 0.1) is 10.1 Å². The van der Waals surface area contributed by atoms with Crippen molar-refractivity contribution in [1.82, 2.24) is 9.21 Å². The van der Waals surface area contributed by atoms with Crippen molar-refractivity contribution < 1.29 is 14.5 Å². The number of nitrogens with zero attached hydrogens (tertiary/aromatic N) is 3. The fraction of sp³-hybridized carbons (Fsp3) is 0.278. The van der Waals surface area contributed by atoms with E-state index in [0.29, 0.717) is 26.2 Å². The molecule has 0 unspecified atom stereocenters. The summed E-state index contributed by atoms with van der Waals surface area (Å²) in [6.45, 7) is 2.88. The van der Waals surface area contributed by atoms with E-state index in [9.17, 15) is 14.9 Å². The summed E-state index contributed by atoms with van der Waals surface area (Å²) in [4.78, 5) is 25.1. The number of benzene rings is 2. The van der Waals surface area contributed by atoms with Crippen molar-refractivity contribution in [2.24, 2.45) is 0 Å². The zero-order valence-corrected chi connectivity index (χ0v) is 14.9. The van der Waals surface area contributed by atoms with Crippen molar-refractivity contribution in [2.45, 2.75) is 11.5 Å². The second kappa shape index (κ2) is 8.68. The lowest BCUT2D eigenvalue weighted by Gasteiger charge is -2.33. The summed E-state index contributed by atoms with van der Waals surface area (Å²) >= 11 is 1.54. The minimum absolute atomic E-state index is 0.0836. The molecule has 1 heterocycles. The molecule has 0 N–H and O–H groups in total. The fourth-order valence-corrected chi connectivity index (χ4v) is 3.45. The van der Waals surface area contributed by atoms with E-state index in [2.05, 4.69) is 4.31 Å². The minimum atomic E-state index is -0.408. The largest absolute Gasteiger partial charge is 0.445 e. The average Bonchev–Trinajstić information content (AvgIpc) is 2.68. The van der Waals surface area contributed by atoms with Crippen LogP contribution in [0.1, 0.15) is 5.56 Å². The van der Waals surface area contributed by atoms with Gasteiger partial charge in [0.2, 0.25) is 0 Å². The topological polar surface area (TPSA) is 75.9 Å². The number of nitro groups is 1. The average molecular weight is 373 g/mol. The second-order valence-electron chi connectivity index (χ2n) is 5.80. The van der Waals surface area contributed by atoms with Gasteiger partial charge in [0.1, 0.15) is 6.61 Å². The van der Waals surface area contributed by atoms with Crippen LogP contribution in [0.5, 0.6) is 0 Å². The third kappa shape index (κ3) is 4.96. The first-order valence-corrected chi connectivity index (χ1v) is 9.02. The zero-order valence-electron chi connectivity index (χ0n) is 14.1. The number of hydrogen-bond donors (Lipinski definition) is 0. The number of hydrogen-bond acceptors (Lipinski definition) is 6. The van der Waals surface area contributed by atoms with Crippen LogP contribution in [-0.4, -0.2) is 46.4 Å². The third-order valence-electron chi connectivity index (χ3n) is 3.98. The molecule has 136 valence electrons. The van der Waals surface area contributed by atoms with Crippen LogP contribution in [0.2, 0.25) is 0 Å². The molecule has 26 heavy (non-hydrogen) atoms. The summed E-state index contributed by atoms with van der Waals surface area (Å²) in [6.07, 6.45) is -0.297. The van der Waals surface area contributed by atoms with Gasteiger partial charge in [-0.05, 0) is 29.6 Å². The SMILES string of the molecule is O=C(OCc1ccccc1)N1CCN(Sc2ccc([N+](=O)[O-])cc2)CC1. The molecule has 0 bridgehead atoms. The molecular formula is C18H19N3O4S.